The summed E-state index contributed by atoms with van der Waals surface area (Å²) < 4.78 is 0.635. The molecule has 0 fully saturated rings. The molecule has 0 radical (unpaired) electrons. The summed E-state index contributed by atoms with van der Waals surface area (Å²) in [5, 5.41) is 9.23. The van der Waals surface area contributed by atoms with E-state index in [1.807, 2.05) is 0 Å². The van der Waals surface area contributed by atoms with Crippen molar-refractivity contribution in [2.24, 2.45) is 4.99 Å². The fourth-order valence-corrected chi connectivity index (χ4v) is 1.34. The van der Waals surface area contributed by atoms with Crippen LogP contribution in [0.4, 0.5) is 11.8 Å². The molecule has 0 spiro atoms. The fourth-order valence-electron chi connectivity index (χ4n) is 1.34. The highest BCUT2D eigenvalue weighted by Crippen LogP contribution is 2.00. The second kappa shape index (κ2) is 5.99. The monoisotopic (exact) mass is 225 g/mol. The van der Waals surface area contributed by atoms with Gasteiger partial charge < -0.3 is 16.7 Å². The van der Waals surface area contributed by atoms with Crippen molar-refractivity contribution in [3.63, 3.8) is 0 Å². The van der Waals surface area contributed by atoms with Crippen molar-refractivity contribution in [3.8, 4) is 0 Å². The van der Waals surface area contributed by atoms with Gasteiger partial charge in [0.2, 0.25) is 5.95 Å². The van der Waals surface area contributed by atoms with Gasteiger partial charge in [-0.05, 0) is 6.42 Å². The molecule has 0 bridgehead atoms. The van der Waals surface area contributed by atoms with Crippen LogP contribution >= 0.6 is 0 Å². The number of anilines is 2. The van der Waals surface area contributed by atoms with E-state index in [1.165, 1.54) is 18.9 Å². The molecule has 0 atom stereocenters. The van der Waals surface area contributed by atoms with Crippen molar-refractivity contribution in [3.05, 3.63) is 11.6 Å². The molecule has 6 heteroatoms. The van der Waals surface area contributed by atoms with E-state index >= 15 is 0 Å². The predicted molar refractivity (Wildman–Crippen MR) is 62.8 cm³/mol. The summed E-state index contributed by atoms with van der Waals surface area (Å²) >= 11 is 0. The Morgan fingerprint density at radius 2 is 2.12 bits per heavy atom. The van der Waals surface area contributed by atoms with E-state index < -0.39 is 0 Å². The molecular formula is C10H19N5O. The molecule has 0 aromatic carbocycles. The van der Waals surface area contributed by atoms with Crippen LogP contribution in [0.2, 0.25) is 0 Å². The second-order valence-electron chi connectivity index (χ2n) is 3.65. The SMILES string of the molecule is CCCCCCN=c1cc(N)n(O)c(N)n1. The van der Waals surface area contributed by atoms with Crippen LogP contribution in [0.25, 0.3) is 0 Å². The Labute approximate surface area is 94.6 Å². The van der Waals surface area contributed by atoms with Gasteiger partial charge in [0, 0.05) is 12.6 Å². The molecule has 0 saturated carbocycles. The second-order valence-corrected chi connectivity index (χ2v) is 3.65. The molecule has 0 aliphatic rings. The van der Waals surface area contributed by atoms with E-state index in [2.05, 4.69) is 16.9 Å². The van der Waals surface area contributed by atoms with Gasteiger partial charge in [-0.15, -0.1) is 4.73 Å². The van der Waals surface area contributed by atoms with Crippen LogP contribution in [0.1, 0.15) is 32.6 Å². The zero-order valence-corrected chi connectivity index (χ0v) is 9.56. The predicted octanol–water partition coefficient (Wildman–Crippen LogP) is 0.766. The third kappa shape index (κ3) is 3.45. The average molecular weight is 225 g/mol. The number of nitrogens with zero attached hydrogens (tertiary/aromatic N) is 3. The van der Waals surface area contributed by atoms with E-state index in [9.17, 15) is 5.21 Å². The van der Waals surface area contributed by atoms with E-state index in [-0.39, 0.29) is 11.8 Å². The lowest BCUT2D eigenvalue weighted by Gasteiger charge is -2.03. The minimum atomic E-state index is -0.0488. The fraction of sp³-hybridized carbons (Fsp3) is 0.600. The molecule has 0 amide bonds. The Balaban J connectivity index is 2.62. The van der Waals surface area contributed by atoms with Crippen LogP contribution in [-0.4, -0.2) is 21.5 Å². The normalized spacial score (nSPS) is 11.9. The molecule has 6 nitrogen and oxygen atoms in total. The summed E-state index contributed by atoms with van der Waals surface area (Å²) in [5.41, 5.74) is 11.4. The summed E-state index contributed by atoms with van der Waals surface area (Å²) in [6.07, 6.45) is 4.62. The standard InChI is InChI=1S/C10H19N5O/c1-2-3-4-5-6-13-9-7-8(11)15(16)10(12)14-9/h7,16H,2-6,11H2,1H3,(H2,12,13,14). The van der Waals surface area contributed by atoms with Gasteiger partial charge in [0.1, 0.15) is 5.82 Å². The number of nitrogen functional groups attached to an aromatic ring is 2. The quantitative estimate of drug-likeness (QED) is 0.508. The number of unbranched alkanes of at least 4 members (excludes halogenated alkanes) is 3. The van der Waals surface area contributed by atoms with Gasteiger partial charge in [-0.25, -0.2) is 0 Å². The van der Waals surface area contributed by atoms with Crippen molar-refractivity contribution in [2.75, 3.05) is 18.0 Å². The summed E-state index contributed by atoms with van der Waals surface area (Å²) in [5.74, 6) is 0.0899. The van der Waals surface area contributed by atoms with Crippen molar-refractivity contribution >= 4 is 11.8 Å². The maximum absolute atomic E-state index is 9.23. The molecule has 0 aliphatic carbocycles. The molecule has 1 heterocycles. The Bertz CT molecular complexity index is 372. The van der Waals surface area contributed by atoms with Gasteiger partial charge in [-0.1, -0.05) is 26.2 Å². The van der Waals surface area contributed by atoms with Gasteiger partial charge >= 0.3 is 0 Å². The average Bonchev–Trinajstić information content (AvgIpc) is 2.25. The number of hydrogen-bond acceptors (Lipinski definition) is 5. The topological polar surface area (TPSA) is 102 Å². The van der Waals surface area contributed by atoms with Crippen LogP contribution in [0, 0.1) is 0 Å². The van der Waals surface area contributed by atoms with Crippen molar-refractivity contribution < 1.29 is 5.21 Å². The lowest BCUT2D eigenvalue weighted by molar-refractivity contribution is 0.194. The third-order valence-electron chi connectivity index (χ3n) is 2.25. The van der Waals surface area contributed by atoms with E-state index in [1.54, 1.807) is 0 Å². The summed E-state index contributed by atoms with van der Waals surface area (Å²) in [6, 6.07) is 1.50. The minimum Gasteiger partial charge on any atom is -0.424 e. The smallest absolute Gasteiger partial charge is 0.238 e. The third-order valence-corrected chi connectivity index (χ3v) is 2.25. The van der Waals surface area contributed by atoms with Gasteiger partial charge in [-0.2, -0.15) is 4.98 Å². The molecular weight excluding hydrogens is 206 g/mol. The minimum absolute atomic E-state index is 0.0488. The first-order chi connectivity index (χ1) is 7.65. The first-order valence-corrected chi connectivity index (χ1v) is 5.50. The molecule has 1 aromatic heterocycles. The number of rotatable bonds is 5. The van der Waals surface area contributed by atoms with Gasteiger partial charge in [-0.3, -0.25) is 4.99 Å². The maximum atomic E-state index is 9.23. The van der Waals surface area contributed by atoms with Crippen LogP contribution in [0.5, 0.6) is 0 Å². The van der Waals surface area contributed by atoms with Crippen molar-refractivity contribution in [2.45, 2.75) is 32.6 Å². The first kappa shape index (κ1) is 12.4. The van der Waals surface area contributed by atoms with Gasteiger partial charge in [0.15, 0.2) is 5.49 Å². The van der Waals surface area contributed by atoms with Gasteiger partial charge in [0.25, 0.3) is 0 Å². The summed E-state index contributed by atoms with van der Waals surface area (Å²) in [7, 11) is 0. The maximum Gasteiger partial charge on any atom is 0.238 e. The molecule has 90 valence electrons. The largest absolute Gasteiger partial charge is 0.424 e. The Morgan fingerprint density at radius 1 is 1.38 bits per heavy atom. The molecule has 0 saturated heterocycles. The zero-order chi connectivity index (χ0) is 12.0. The van der Waals surface area contributed by atoms with Gasteiger partial charge in [0.05, 0.1) is 0 Å². The summed E-state index contributed by atoms with van der Waals surface area (Å²) in [4.78, 5) is 8.14. The Kier molecular flexibility index (Phi) is 4.63. The van der Waals surface area contributed by atoms with Crippen LogP contribution < -0.4 is 17.0 Å². The Morgan fingerprint density at radius 3 is 2.75 bits per heavy atom. The first-order valence-electron chi connectivity index (χ1n) is 5.50. The molecule has 16 heavy (non-hydrogen) atoms. The number of nitrogens with two attached hydrogens (primary N) is 2. The number of hydrogen-bond donors (Lipinski definition) is 3. The molecule has 1 aromatic rings. The molecule has 5 N–H and O–H groups in total. The lowest BCUT2D eigenvalue weighted by Crippen LogP contribution is -2.19. The highest BCUT2D eigenvalue weighted by molar-refractivity contribution is 5.33. The van der Waals surface area contributed by atoms with Crippen LogP contribution in [-0.2, 0) is 0 Å². The highest BCUT2D eigenvalue weighted by Gasteiger charge is 1.99. The van der Waals surface area contributed by atoms with E-state index in [0.29, 0.717) is 16.8 Å². The Hall–Kier alpha value is -1.72. The molecule has 1 rings (SSSR count). The van der Waals surface area contributed by atoms with Crippen LogP contribution in [0.3, 0.4) is 0 Å². The molecule has 0 aliphatic heterocycles. The van der Waals surface area contributed by atoms with E-state index in [4.69, 9.17) is 11.5 Å². The molecule has 0 unspecified atom stereocenters. The zero-order valence-electron chi connectivity index (χ0n) is 9.56. The van der Waals surface area contributed by atoms with Crippen molar-refractivity contribution in [1.82, 2.24) is 9.71 Å². The highest BCUT2D eigenvalue weighted by atomic mass is 16.5. The van der Waals surface area contributed by atoms with Crippen molar-refractivity contribution in [1.29, 1.82) is 0 Å². The van der Waals surface area contributed by atoms with Crippen LogP contribution in [0.15, 0.2) is 11.1 Å². The van der Waals surface area contributed by atoms with E-state index in [0.717, 1.165) is 12.8 Å². The summed E-state index contributed by atoms with van der Waals surface area (Å²) in [6.45, 7) is 2.87. The lowest BCUT2D eigenvalue weighted by atomic mass is 10.2. The number of aromatic nitrogens is 2.